The second kappa shape index (κ2) is 8.89. The molecule has 2 aromatic rings. The molecule has 10 heteroatoms. The second-order valence-electron chi connectivity index (χ2n) is 6.18. The number of nitrogens with zero attached hydrogens (tertiary/aromatic N) is 2. The van der Waals surface area contributed by atoms with Crippen LogP contribution < -0.4 is 21.5 Å². The number of nitrogens with one attached hydrogen (secondary N) is 2. The summed E-state index contributed by atoms with van der Waals surface area (Å²) in [6.07, 6.45) is 2.84. The van der Waals surface area contributed by atoms with Gasteiger partial charge in [0.15, 0.2) is 11.5 Å². The highest BCUT2D eigenvalue weighted by molar-refractivity contribution is 5.77. The fourth-order valence-electron chi connectivity index (χ4n) is 2.49. The summed E-state index contributed by atoms with van der Waals surface area (Å²) in [4.78, 5) is 46.5. The van der Waals surface area contributed by atoms with Crippen molar-refractivity contribution in [2.75, 3.05) is 13.1 Å². The highest BCUT2D eigenvalue weighted by Crippen LogP contribution is 2.09. The summed E-state index contributed by atoms with van der Waals surface area (Å²) in [6.45, 7) is 3.27. The molecule has 0 spiro atoms. The van der Waals surface area contributed by atoms with Crippen LogP contribution in [0.2, 0.25) is 0 Å². The van der Waals surface area contributed by atoms with Gasteiger partial charge >= 0.3 is 0 Å². The van der Waals surface area contributed by atoms with Crippen LogP contribution in [0.5, 0.6) is 11.5 Å². The van der Waals surface area contributed by atoms with E-state index < -0.39 is 22.4 Å². The Labute approximate surface area is 160 Å². The van der Waals surface area contributed by atoms with Gasteiger partial charge in [-0.2, -0.15) is 0 Å². The maximum Gasteiger partial charge on any atom is 0.239 e. The van der Waals surface area contributed by atoms with Crippen molar-refractivity contribution in [2.24, 2.45) is 0 Å². The van der Waals surface area contributed by atoms with Crippen LogP contribution in [-0.4, -0.2) is 44.3 Å². The Balaban J connectivity index is 1.78. The highest BCUT2D eigenvalue weighted by atomic mass is 16.3. The molecule has 0 atom stereocenters. The van der Waals surface area contributed by atoms with Crippen LogP contribution in [0.25, 0.3) is 0 Å². The minimum Gasteiger partial charge on any atom is -0.503 e. The number of hydrogen-bond donors (Lipinski definition) is 4. The molecule has 0 fully saturated rings. The Morgan fingerprint density at radius 1 is 0.821 bits per heavy atom. The van der Waals surface area contributed by atoms with E-state index in [9.17, 15) is 29.4 Å². The zero-order valence-corrected chi connectivity index (χ0v) is 15.6. The van der Waals surface area contributed by atoms with Crippen LogP contribution in [0.15, 0.2) is 34.1 Å². The second-order valence-corrected chi connectivity index (χ2v) is 6.18. The molecule has 150 valence electrons. The molecule has 0 aliphatic heterocycles. The number of amides is 2. The molecule has 2 amide bonds. The summed E-state index contributed by atoms with van der Waals surface area (Å²) >= 11 is 0. The Hall–Kier alpha value is -3.56. The van der Waals surface area contributed by atoms with E-state index in [2.05, 4.69) is 10.6 Å². The number of carbonyl (C=O) groups is 2. The number of pyridine rings is 2. The molecule has 0 saturated heterocycles. The maximum atomic E-state index is 11.9. The Kier molecular flexibility index (Phi) is 6.59. The van der Waals surface area contributed by atoms with Crippen molar-refractivity contribution < 1.29 is 19.8 Å². The molecule has 2 rings (SSSR count). The van der Waals surface area contributed by atoms with Crippen LogP contribution >= 0.6 is 0 Å². The summed E-state index contributed by atoms with van der Waals surface area (Å²) in [7, 11) is 0. The molecular weight excluding hydrogens is 368 g/mol. The van der Waals surface area contributed by atoms with Gasteiger partial charge in [-0.05, 0) is 13.8 Å². The molecule has 0 aliphatic carbocycles. The maximum absolute atomic E-state index is 11.9. The molecule has 10 nitrogen and oxygen atoms in total. The van der Waals surface area contributed by atoms with E-state index in [1.807, 2.05) is 0 Å². The molecule has 0 unspecified atom stereocenters. The fourth-order valence-corrected chi connectivity index (χ4v) is 2.49. The first-order valence-electron chi connectivity index (χ1n) is 8.52. The summed E-state index contributed by atoms with van der Waals surface area (Å²) < 4.78 is 2.88. The van der Waals surface area contributed by atoms with Crippen molar-refractivity contribution in [1.29, 1.82) is 0 Å². The van der Waals surface area contributed by atoms with Gasteiger partial charge in [0.25, 0.3) is 0 Å². The summed E-state index contributed by atoms with van der Waals surface area (Å²) in [6, 6.07) is 2.35. The molecule has 0 bridgehead atoms. The van der Waals surface area contributed by atoms with Crippen LogP contribution in [0.4, 0.5) is 0 Å². The first-order chi connectivity index (χ1) is 13.2. The first-order valence-corrected chi connectivity index (χ1v) is 8.52. The van der Waals surface area contributed by atoms with Gasteiger partial charge in [0.05, 0.1) is 11.4 Å². The van der Waals surface area contributed by atoms with E-state index in [0.29, 0.717) is 0 Å². The quantitative estimate of drug-likeness (QED) is 0.445. The molecule has 2 aromatic heterocycles. The van der Waals surface area contributed by atoms with Gasteiger partial charge in [-0.25, -0.2) is 0 Å². The van der Waals surface area contributed by atoms with Gasteiger partial charge in [-0.15, -0.1) is 0 Å². The largest absolute Gasteiger partial charge is 0.503 e. The van der Waals surface area contributed by atoms with E-state index in [-0.39, 0.29) is 49.4 Å². The van der Waals surface area contributed by atoms with Gasteiger partial charge in [0.1, 0.15) is 13.1 Å². The van der Waals surface area contributed by atoms with Crippen molar-refractivity contribution in [3.8, 4) is 11.5 Å². The molecule has 0 aromatic carbocycles. The minimum atomic E-state index is -0.511. The van der Waals surface area contributed by atoms with Gasteiger partial charge in [-0.1, -0.05) is 0 Å². The zero-order valence-electron chi connectivity index (χ0n) is 15.6. The van der Waals surface area contributed by atoms with Crippen LogP contribution in [-0.2, 0) is 22.7 Å². The van der Waals surface area contributed by atoms with E-state index >= 15 is 0 Å². The van der Waals surface area contributed by atoms with Crippen LogP contribution in [0.3, 0.4) is 0 Å². The average Bonchev–Trinajstić information content (AvgIpc) is 2.66. The molecule has 2 heterocycles. The van der Waals surface area contributed by atoms with Crippen molar-refractivity contribution in [3.05, 3.63) is 56.4 Å². The van der Waals surface area contributed by atoms with E-state index in [0.717, 1.165) is 0 Å². The van der Waals surface area contributed by atoms with Crippen molar-refractivity contribution >= 4 is 11.8 Å². The Morgan fingerprint density at radius 2 is 1.18 bits per heavy atom. The monoisotopic (exact) mass is 390 g/mol. The number of hydrogen-bond acceptors (Lipinski definition) is 6. The Bertz CT molecular complexity index is 927. The predicted molar refractivity (Wildman–Crippen MR) is 100 cm³/mol. The lowest BCUT2D eigenvalue weighted by Crippen LogP contribution is -2.37. The van der Waals surface area contributed by atoms with Gasteiger partial charge in [0, 0.05) is 37.6 Å². The van der Waals surface area contributed by atoms with Crippen LogP contribution in [0.1, 0.15) is 11.4 Å². The van der Waals surface area contributed by atoms with E-state index in [1.165, 1.54) is 47.5 Å². The van der Waals surface area contributed by atoms with Gasteiger partial charge < -0.3 is 30.0 Å². The lowest BCUT2D eigenvalue weighted by molar-refractivity contribution is -0.123. The van der Waals surface area contributed by atoms with Crippen molar-refractivity contribution in [2.45, 2.75) is 26.9 Å². The number of aromatic nitrogens is 2. The fraction of sp³-hybridized carbons (Fsp3) is 0.333. The lowest BCUT2D eigenvalue weighted by Gasteiger charge is -2.13. The molecule has 0 aliphatic rings. The van der Waals surface area contributed by atoms with E-state index in [1.54, 1.807) is 0 Å². The number of aromatic hydroxyl groups is 2. The zero-order chi connectivity index (χ0) is 20.8. The molecule has 4 N–H and O–H groups in total. The van der Waals surface area contributed by atoms with Crippen molar-refractivity contribution in [1.82, 2.24) is 19.8 Å². The third-order valence-corrected chi connectivity index (χ3v) is 4.22. The number of rotatable bonds is 7. The summed E-state index contributed by atoms with van der Waals surface area (Å²) in [5.74, 6) is -1.49. The normalized spacial score (nSPS) is 10.5. The third-order valence-electron chi connectivity index (χ3n) is 4.22. The molecular formula is C18H22N4O6. The third kappa shape index (κ3) is 5.00. The summed E-state index contributed by atoms with van der Waals surface area (Å²) in [5, 5.41) is 24.4. The van der Waals surface area contributed by atoms with Crippen LogP contribution in [0, 0.1) is 13.8 Å². The topological polar surface area (TPSA) is 143 Å². The summed E-state index contributed by atoms with van der Waals surface area (Å²) in [5.41, 5.74) is -0.447. The average molecular weight is 390 g/mol. The highest BCUT2D eigenvalue weighted by Gasteiger charge is 2.10. The first kappa shape index (κ1) is 20.7. The molecule has 28 heavy (non-hydrogen) atoms. The Morgan fingerprint density at radius 3 is 1.54 bits per heavy atom. The number of carbonyl (C=O) groups excluding carboxylic acids is 2. The predicted octanol–water partition coefficient (Wildman–Crippen LogP) is -1.03. The molecule has 0 saturated carbocycles. The van der Waals surface area contributed by atoms with Crippen molar-refractivity contribution in [3.63, 3.8) is 0 Å². The smallest absolute Gasteiger partial charge is 0.239 e. The SMILES string of the molecule is Cc1c(O)c(=O)ccn1CC(=O)NCCNC(=O)Cn1ccc(=O)c(O)c1C. The van der Waals surface area contributed by atoms with Gasteiger partial charge in [-0.3, -0.25) is 19.2 Å². The minimum absolute atomic E-state index is 0.0799. The van der Waals surface area contributed by atoms with E-state index in [4.69, 9.17) is 0 Å². The molecule has 0 radical (unpaired) electrons. The van der Waals surface area contributed by atoms with Gasteiger partial charge in [0.2, 0.25) is 22.7 Å². The standard InChI is InChI=1S/C18H22N4O6/c1-11-17(27)13(23)3-7-21(11)9-15(25)19-5-6-20-16(26)10-22-8-4-14(24)18(28)12(22)2/h3-4,7-8,27-28H,5-6,9-10H2,1-2H3,(H,19,25)(H,20,26). The lowest BCUT2D eigenvalue weighted by atomic mass is 10.3.